The Morgan fingerprint density at radius 3 is 2.49 bits per heavy atom. The van der Waals surface area contributed by atoms with Crippen LogP contribution in [0.25, 0.3) is 23.0 Å². The summed E-state index contributed by atoms with van der Waals surface area (Å²) >= 11 is 0. The molecule has 0 bridgehead atoms. The van der Waals surface area contributed by atoms with E-state index in [2.05, 4.69) is 0 Å². The molecule has 1 aromatic heterocycles. The molecule has 0 fully saturated rings. The summed E-state index contributed by atoms with van der Waals surface area (Å²) in [6.45, 7) is 5.98. The lowest BCUT2D eigenvalue weighted by molar-refractivity contribution is -0.140. The molecular weight excluding hydrogens is 571 g/mol. The first-order valence-corrected chi connectivity index (χ1v) is 14.7. The number of ether oxygens (including phenoxy) is 2. The second-order valence-corrected chi connectivity index (χ2v) is 10.8. The Kier molecular flexibility index (Phi) is 9.66. The fourth-order valence-corrected chi connectivity index (χ4v) is 4.97. The molecule has 0 atom stereocenters. The molecule has 1 aliphatic rings. The van der Waals surface area contributed by atoms with Gasteiger partial charge >= 0.3 is 0 Å². The fourth-order valence-electron chi connectivity index (χ4n) is 4.97. The minimum Gasteiger partial charge on any atom is -0.489 e. The number of nitrogens with zero attached hydrogens (tertiary/aromatic N) is 4. The summed E-state index contributed by atoms with van der Waals surface area (Å²) in [5, 5.41) is 14.7. The maximum atomic E-state index is 14.2. The molecule has 0 spiro atoms. The molecule has 45 heavy (non-hydrogen) atoms. The molecule has 0 aliphatic carbocycles. The number of benzene rings is 3. The summed E-state index contributed by atoms with van der Waals surface area (Å²) in [5.41, 5.74) is 3.55. The molecule has 5 rings (SSSR count). The third-order valence-electron chi connectivity index (χ3n) is 7.33. The highest BCUT2D eigenvalue weighted by Gasteiger charge is 2.35. The Morgan fingerprint density at radius 2 is 1.76 bits per heavy atom. The van der Waals surface area contributed by atoms with Crippen molar-refractivity contribution in [2.24, 2.45) is 0 Å². The average molecular weight is 605 g/mol. The number of amides is 2. The second-order valence-electron chi connectivity index (χ2n) is 10.8. The summed E-state index contributed by atoms with van der Waals surface area (Å²) in [6, 6.07) is 25.2. The number of hydrogen-bond acceptors (Lipinski definition) is 6. The maximum absolute atomic E-state index is 14.2. The van der Waals surface area contributed by atoms with Gasteiger partial charge in [0.1, 0.15) is 35.5 Å². The summed E-state index contributed by atoms with van der Waals surface area (Å²) in [6.07, 6.45) is 3.94. The number of carbonyl (C=O) groups is 2. The average Bonchev–Trinajstić information content (AvgIpc) is 3.47. The lowest BCUT2D eigenvalue weighted by atomic mass is 9.93. The molecule has 0 N–H and O–H groups in total. The number of carbonyl (C=O) groups excluding carboxylic acids is 2. The van der Waals surface area contributed by atoms with Crippen molar-refractivity contribution in [1.29, 1.82) is 5.26 Å². The largest absolute Gasteiger partial charge is 0.489 e. The summed E-state index contributed by atoms with van der Waals surface area (Å²) in [4.78, 5) is 28.0. The van der Waals surface area contributed by atoms with Gasteiger partial charge in [0, 0.05) is 41.6 Å². The van der Waals surface area contributed by atoms with Crippen molar-refractivity contribution in [3.63, 3.8) is 0 Å². The molecular formula is C36H33FN4O4. The molecule has 4 aromatic rings. The van der Waals surface area contributed by atoms with Crippen LogP contribution in [-0.2, 0) is 20.9 Å². The Labute approximate surface area is 261 Å². The summed E-state index contributed by atoms with van der Waals surface area (Å²) in [5.74, 6) is -0.926. The summed E-state index contributed by atoms with van der Waals surface area (Å²) < 4.78 is 27.4. The minimum atomic E-state index is -0.610. The summed E-state index contributed by atoms with van der Waals surface area (Å²) in [7, 11) is 0. The van der Waals surface area contributed by atoms with Crippen LogP contribution in [0.3, 0.4) is 0 Å². The van der Waals surface area contributed by atoms with Gasteiger partial charge in [-0.1, -0.05) is 48.5 Å². The quantitative estimate of drug-likeness (QED) is 0.108. The number of nitriles is 1. The van der Waals surface area contributed by atoms with Crippen LogP contribution in [0.4, 0.5) is 4.39 Å². The lowest BCUT2D eigenvalue weighted by Gasteiger charge is -2.27. The molecule has 1 aliphatic heterocycles. The van der Waals surface area contributed by atoms with Crippen molar-refractivity contribution >= 4 is 17.9 Å². The number of hydrogen-bond donors (Lipinski definition) is 0. The molecule has 9 heteroatoms. The van der Waals surface area contributed by atoms with Gasteiger partial charge < -0.3 is 9.47 Å². The maximum Gasteiger partial charge on any atom is 0.271 e. The van der Waals surface area contributed by atoms with Crippen molar-refractivity contribution in [1.82, 2.24) is 14.7 Å². The first kappa shape index (κ1) is 31.1. The van der Waals surface area contributed by atoms with Crippen molar-refractivity contribution in [2.45, 2.75) is 39.9 Å². The zero-order valence-electron chi connectivity index (χ0n) is 25.4. The molecule has 2 amide bonds. The van der Waals surface area contributed by atoms with E-state index in [1.54, 1.807) is 54.2 Å². The van der Waals surface area contributed by atoms with E-state index < -0.39 is 11.8 Å². The van der Waals surface area contributed by atoms with Gasteiger partial charge in [-0.15, -0.1) is 0 Å². The van der Waals surface area contributed by atoms with Gasteiger partial charge in [0.05, 0.1) is 11.8 Å². The number of para-hydroxylation sites is 1. The normalized spacial score (nSPS) is 14.4. The predicted molar refractivity (Wildman–Crippen MR) is 168 cm³/mol. The van der Waals surface area contributed by atoms with E-state index >= 15 is 0 Å². The molecule has 0 saturated carbocycles. The highest BCUT2D eigenvalue weighted by atomic mass is 19.1. The van der Waals surface area contributed by atoms with Crippen LogP contribution in [0.5, 0.6) is 5.75 Å². The van der Waals surface area contributed by atoms with E-state index in [1.807, 2.05) is 62.4 Å². The topological polar surface area (TPSA) is 97.5 Å². The van der Waals surface area contributed by atoms with Crippen LogP contribution >= 0.6 is 0 Å². The minimum absolute atomic E-state index is 0.0213. The van der Waals surface area contributed by atoms with Gasteiger partial charge in [-0.05, 0) is 69.2 Å². The molecule has 3 aromatic carbocycles. The zero-order valence-corrected chi connectivity index (χ0v) is 25.4. The smallest absolute Gasteiger partial charge is 0.271 e. The van der Waals surface area contributed by atoms with E-state index in [0.717, 1.165) is 10.6 Å². The van der Waals surface area contributed by atoms with E-state index in [4.69, 9.17) is 14.6 Å². The van der Waals surface area contributed by atoms with Gasteiger partial charge in [0.2, 0.25) is 0 Å². The molecule has 228 valence electrons. The van der Waals surface area contributed by atoms with E-state index in [0.29, 0.717) is 46.7 Å². The Morgan fingerprint density at radius 1 is 1.00 bits per heavy atom. The monoisotopic (exact) mass is 604 g/mol. The van der Waals surface area contributed by atoms with Crippen molar-refractivity contribution in [2.75, 3.05) is 13.2 Å². The van der Waals surface area contributed by atoms with Crippen LogP contribution in [0, 0.1) is 17.1 Å². The van der Waals surface area contributed by atoms with Gasteiger partial charge in [-0.25, -0.2) is 9.07 Å². The zero-order chi connectivity index (χ0) is 31.9. The highest BCUT2D eigenvalue weighted by molar-refractivity contribution is 6.19. The van der Waals surface area contributed by atoms with Crippen LogP contribution in [0.15, 0.2) is 102 Å². The molecule has 0 unspecified atom stereocenters. The molecule has 0 saturated heterocycles. The Bertz CT molecular complexity index is 1820. The van der Waals surface area contributed by atoms with Crippen LogP contribution in [-0.4, -0.2) is 45.8 Å². The van der Waals surface area contributed by atoms with Crippen LogP contribution in [0.2, 0.25) is 0 Å². The Balaban J connectivity index is 1.54. The van der Waals surface area contributed by atoms with Crippen LogP contribution in [0.1, 0.15) is 38.3 Å². The lowest BCUT2D eigenvalue weighted by Crippen LogP contribution is -2.43. The first-order valence-electron chi connectivity index (χ1n) is 14.7. The van der Waals surface area contributed by atoms with Crippen molar-refractivity contribution < 1.29 is 23.5 Å². The van der Waals surface area contributed by atoms with Gasteiger partial charge in [0.15, 0.2) is 0 Å². The highest BCUT2D eigenvalue weighted by Crippen LogP contribution is 2.32. The van der Waals surface area contributed by atoms with Crippen LogP contribution < -0.4 is 4.74 Å². The van der Waals surface area contributed by atoms with E-state index in [1.165, 1.54) is 6.07 Å². The number of halogens is 1. The number of rotatable bonds is 11. The van der Waals surface area contributed by atoms with Gasteiger partial charge in [-0.3, -0.25) is 14.5 Å². The predicted octanol–water partition coefficient (Wildman–Crippen LogP) is 6.66. The van der Waals surface area contributed by atoms with Crippen molar-refractivity contribution in [3.05, 3.63) is 119 Å². The van der Waals surface area contributed by atoms with E-state index in [-0.39, 0.29) is 36.2 Å². The molecule has 2 heterocycles. The number of imide groups is 1. The first-order chi connectivity index (χ1) is 21.8. The standard InChI is InChI=1S/C36H33FN4O4/c1-24(2)44-18-10-17-40-35(42)31(25(3)32(21-38)36(40)43)20-28-22-41(29-13-5-4-6-14-29)39-34(28)26-12-9-15-30(19-26)45-23-27-11-7-8-16-33(27)37/h4-9,11-16,19-20,22,24H,10,17-18,23H2,1-3H3/b31-20+. The molecule has 8 nitrogen and oxygen atoms in total. The number of aromatic nitrogens is 2. The van der Waals surface area contributed by atoms with Gasteiger partial charge in [-0.2, -0.15) is 10.4 Å². The molecule has 0 radical (unpaired) electrons. The third kappa shape index (κ3) is 7.08. The van der Waals surface area contributed by atoms with Crippen molar-refractivity contribution in [3.8, 4) is 28.8 Å². The van der Waals surface area contributed by atoms with E-state index in [9.17, 15) is 19.2 Å². The second kappa shape index (κ2) is 14.0. The fraction of sp³-hybridized carbons (Fsp3) is 0.222. The Hall–Kier alpha value is -5.33. The third-order valence-corrected chi connectivity index (χ3v) is 7.33. The van der Waals surface area contributed by atoms with Gasteiger partial charge in [0.25, 0.3) is 11.8 Å². The SMILES string of the molecule is CC1=C(C#N)C(=O)N(CCCOC(C)C)C(=O)/C1=C/c1cn(-c2ccccc2)nc1-c1cccc(OCc2ccccc2F)c1.